The molecule has 5 N–H and O–H groups in total. The van der Waals surface area contributed by atoms with Crippen LogP contribution in [0.2, 0.25) is 0 Å². The molecule has 17 heavy (non-hydrogen) atoms. The molecule has 6 heteroatoms. The molecule has 1 aliphatic heterocycles. The van der Waals surface area contributed by atoms with Gasteiger partial charge in [-0.1, -0.05) is 0 Å². The molecule has 0 aromatic carbocycles. The van der Waals surface area contributed by atoms with E-state index in [-0.39, 0.29) is 17.8 Å². The molecule has 0 bridgehead atoms. The normalized spacial score (nSPS) is 23.6. The summed E-state index contributed by atoms with van der Waals surface area (Å²) in [5.41, 5.74) is 11.7. The van der Waals surface area contributed by atoms with Crippen molar-refractivity contribution in [3.8, 4) is 0 Å². The molecule has 1 amide bonds. The van der Waals surface area contributed by atoms with E-state index in [0.717, 1.165) is 6.42 Å². The molecule has 6 nitrogen and oxygen atoms in total. The van der Waals surface area contributed by atoms with Gasteiger partial charge in [-0.25, -0.2) is 4.98 Å². The van der Waals surface area contributed by atoms with Gasteiger partial charge in [0, 0.05) is 6.61 Å². The number of hydrogen-bond acceptors (Lipinski definition) is 5. The maximum atomic E-state index is 11.0. The second-order valence-corrected chi connectivity index (χ2v) is 4.11. The summed E-state index contributed by atoms with van der Waals surface area (Å²) in [5, 5.41) is 3.19. The molecule has 92 valence electrons. The van der Waals surface area contributed by atoms with E-state index in [1.165, 1.54) is 6.07 Å². The third-order valence-corrected chi connectivity index (χ3v) is 2.88. The second kappa shape index (κ2) is 4.58. The first kappa shape index (κ1) is 11.7. The minimum atomic E-state index is -0.566. The van der Waals surface area contributed by atoms with Crippen molar-refractivity contribution in [2.24, 2.45) is 5.73 Å². The largest absolute Gasteiger partial charge is 0.396 e. The zero-order chi connectivity index (χ0) is 12.4. The SMILES string of the molecule is CC1OCCC1Nc1nc(C(N)=O)ccc1N. The maximum Gasteiger partial charge on any atom is 0.267 e. The molecule has 0 spiro atoms. The zero-order valence-corrected chi connectivity index (χ0v) is 9.64. The van der Waals surface area contributed by atoms with Crippen LogP contribution in [0.3, 0.4) is 0 Å². The number of hydrogen-bond donors (Lipinski definition) is 3. The molecule has 0 saturated carbocycles. The van der Waals surface area contributed by atoms with Crippen LogP contribution in [0.5, 0.6) is 0 Å². The van der Waals surface area contributed by atoms with Gasteiger partial charge < -0.3 is 21.5 Å². The molecule has 2 rings (SSSR count). The molecule has 2 atom stereocenters. The number of ether oxygens (including phenoxy) is 1. The Bertz CT molecular complexity index is 435. The minimum absolute atomic E-state index is 0.105. The van der Waals surface area contributed by atoms with Crippen molar-refractivity contribution in [1.82, 2.24) is 4.98 Å². The summed E-state index contributed by atoms with van der Waals surface area (Å²) < 4.78 is 5.43. The standard InChI is InChI=1S/C11H16N4O2/c1-6-8(4-5-17-6)14-11-7(12)2-3-9(15-11)10(13)16/h2-3,6,8H,4-5,12H2,1H3,(H2,13,16)(H,14,15). The van der Waals surface area contributed by atoms with Crippen LogP contribution < -0.4 is 16.8 Å². The van der Waals surface area contributed by atoms with Gasteiger partial charge in [-0.05, 0) is 25.5 Å². The highest BCUT2D eigenvalue weighted by Gasteiger charge is 2.25. The van der Waals surface area contributed by atoms with Crippen LogP contribution in [-0.2, 0) is 4.74 Å². The van der Waals surface area contributed by atoms with Crippen LogP contribution in [0.1, 0.15) is 23.8 Å². The molecule has 1 saturated heterocycles. The first-order chi connectivity index (χ1) is 8.08. The lowest BCUT2D eigenvalue weighted by Gasteiger charge is -2.18. The molecule has 2 heterocycles. The quantitative estimate of drug-likeness (QED) is 0.702. The van der Waals surface area contributed by atoms with E-state index in [1.54, 1.807) is 6.07 Å². The summed E-state index contributed by atoms with van der Waals surface area (Å²) in [5.74, 6) is -0.0765. The number of aromatic nitrogens is 1. The van der Waals surface area contributed by atoms with Gasteiger partial charge in [-0.3, -0.25) is 4.79 Å². The fraction of sp³-hybridized carbons (Fsp3) is 0.455. The lowest BCUT2D eigenvalue weighted by atomic mass is 10.1. The topological polar surface area (TPSA) is 103 Å². The van der Waals surface area contributed by atoms with E-state index in [0.29, 0.717) is 18.1 Å². The summed E-state index contributed by atoms with van der Waals surface area (Å²) in [4.78, 5) is 15.1. The van der Waals surface area contributed by atoms with Crippen molar-refractivity contribution in [1.29, 1.82) is 0 Å². The number of primary amides is 1. The van der Waals surface area contributed by atoms with Crippen LogP contribution in [0, 0.1) is 0 Å². The summed E-state index contributed by atoms with van der Waals surface area (Å²) in [6.07, 6.45) is 0.997. The van der Waals surface area contributed by atoms with Gasteiger partial charge in [0.05, 0.1) is 17.8 Å². The van der Waals surface area contributed by atoms with E-state index in [9.17, 15) is 4.79 Å². The molecule has 0 aliphatic carbocycles. The Morgan fingerprint density at radius 1 is 1.59 bits per heavy atom. The van der Waals surface area contributed by atoms with Gasteiger partial charge in [0.1, 0.15) is 11.5 Å². The van der Waals surface area contributed by atoms with Crippen LogP contribution in [-0.4, -0.2) is 29.6 Å². The third kappa shape index (κ3) is 2.47. The summed E-state index contributed by atoms with van der Waals surface area (Å²) in [6, 6.07) is 3.29. The molecule has 0 radical (unpaired) electrons. The molecule has 1 aliphatic rings. The fourth-order valence-electron chi connectivity index (χ4n) is 1.82. The highest BCUT2D eigenvalue weighted by molar-refractivity contribution is 5.91. The minimum Gasteiger partial charge on any atom is -0.396 e. The van der Waals surface area contributed by atoms with Crippen molar-refractivity contribution in [3.63, 3.8) is 0 Å². The Hall–Kier alpha value is -1.82. The summed E-state index contributed by atoms with van der Waals surface area (Å²) >= 11 is 0. The zero-order valence-electron chi connectivity index (χ0n) is 9.64. The molecule has 1 aromatic heterocycles. The van der Waals surface area contributed by atoms with Gasteiger partial charge >= 0.3 is 0 Å². The van der Waals surface area contributed by atoms with Crippen molar-refractivity contribution in [3.05, 3.63) is 17.8 Å². The summed E-state index contributed by atoms with van der Waals surface area (Å²) in [7, 11) is 0. The Kier molecular flexibility index (Phi) is 3.14. The van der Waals surface area contributed by atoms with Gasteiger partial charge in [0.2, 0.25) is 0 Å². The van der Waals surface area contributed by atoms with E-state index < -0.39 is 5.91 Å². The van der Waals surface area contributed by atoms with Crippen LogP contribution in [0.25, 0.3) is 0 Å². The number of nitrogens with zero attached hydrogens (tertiary/aromatic N) is 1. The van der Waals surface area contributed by atoms with Crippen LogP contribution in [0.15, 0.2) is 12.1 Å². The number of carbonyl (C=O) groups excluding carboxylic acids is 1. The Balaban J connectivity index is 2.19. The number of nitrogens with one attached hydrogen (secondary N) is 1. The van der Waals surface area contributed by atoms with E-state index in [4.69, 9.17) is 16.2 Å². The van der Waals surface area contributed by atoms with Crippen LogP contribution in [0.4, 0.5) is 11.5 Å². The highest BCUT2D eigenvalue weighted by atomic mass is 16.5. The average Bonchev–Trinajstić information content (AvgIpc) is 2.67. The number of anilines is 2. The smallest absolute Gasteiger partial charge is 0.267 e. The van der Waals surface area contributed by atoms with E-state index >= 15 is 0 Å². The Morgan fingerprint density at radius 2 is 2.35 bits per heavy atom. The number of nitrogens with two attached hydrogens (primary N) is 2. The predicted octanol–water partition coefficient (Wildman–Crippen LogP) is 0.352. The number of carbonyl (C=O) groups is 1. The van der Waals surface area contributed by atoms with E-state index in [1.807, 2.05) is 6.92 Å². The van der Waals surface area contributed by atoms with Gasteiger partial charge in [-0.2, -0.15) is 0 Å². The molecular formula is C11H16N4O2. The van der Waals surface area contributed by atoms with Crippen molar-refractivity contribution in [2.75, 3.05) is 17.7 Å². The first-order valence-corrected chi connectivity index (χ1v) is 5.52. The fourth-order valence-corrected chi connectivity index (χ4v) is 1.82. The Morgan fingerprint density at radius 3 is 2.94 bits per heavy atom. The molecule has 1 fully saturated rings. The lowest BCUT2D eigenvalue weighted by molar-refractivity contribution is 0.0996. The number of nitrogen functional groups attached to an aromatic ring is 1. The molecule has 1 aromatic rings. The maximum absolute atomic E-state index is 11.0. The molecule has 2 unspecified atom stereocenters. The second-order valence-electron chi connectivity index (χ2n) is 4.11. The van der Waals surface area contributed by atoms with E-state index in [2.05, 4.69) is 10.3 Å². The van der Waals surface area contributed by atoms with Crippen molar-refractivity contribution in [2.45, 2.75) is 25.5 Å². The summed E-state index contributed by atoms with van der Waals surface area (Å²) in [6.45, 7) is 2.70. The lowest BCUT2D eigenvalue weighted by Crippen LogP contribution is -2.28. The molecular weight excluding hydrogens is 220 g/mol. The monoisotopic (exact) mass is 236 g/mol. The third-order valence-electron chi connectivity index (χ3n) is 2.88. The van der Waals surface area contributed by atoms with Gasteiger partial charge in [0.15, 0.2) is 0 Å². The number of rotatable bonds is 3. The average molecular weight is 236 g/mol. The van der Waals surface area contributed by atoms with Crippen molar-refractivity contribution >= 4 is 17.4 Å². The first-order valence-electron chi connectivity index (χ1n) is 5.52. The van der Waals surface area contributed by atoms with Gasteiger partial charge in [-0.15, -0.1) is 0 Å². The predicted molar refractivity (Wildman–Crippen MR) is 64.6 cm³/mol. The number of pyridine rings is 1. The van der Waals surface area contributed by atoms with Crippen LogP contribution >= 0.6 is 0 Å². The number of amides is 1. The Labute approximate surface area is 99.3 Å². The highest BCUT2D eigenvalue weighted by Crippen LogP contribution is 2.22. The van der Waals surface area contributed by atoms with Gasteiger partial charge in [0.25, 0.3) is 5.91 Å². The van der Waals surface area contributed by atoms with Crippen molar-refractivity contribution < 1.29 is 9.53 Å².